The number of rotatable bonds is 3. The Morgan fingerprint density at radius 2 is 2.33 bits per heavy atom. The topological polar surface area (TPSA) is 24.5 Å². The van der Waals surface area contributed by atoms with E-state index in [0.29, 0.717) is 0 Å². The Bertz CT molecular complexity index is 141. The molecule has 0 aromatic carbocycles. The highest BCUT2D eigenvalue weighted by molar-refractivity contribution is 4.84. The van der Waals surface area contributed by atoms with E-state index in [-0.39, 0.29) is 0 Å². The molecule has 2 aliphatic heterocycles. The van der Waals surface area contributed by atoms with Crippen molar-refractivity contribution in [2.75, 3.05) is 39.9 Å². The Morgan fingerprint density at radius 1 is 1.50 bits per heavy atom. The van der Waals surface area contributed by atoms with E-state index in [1.807, 2.05) is 0 Å². The zero-order valence-electron chi connectivity index (χ0n) is 7.75. The fourth-order valence-electron chi connectivity index (χ4n) is 1.87. The number of hydrogen-bond acceptors (Lipinski definition) is 3. The molecule has 0 amide bonds. The zero-order chi connectivity index (χ0) is 8.39. The van der Waals surface area contributed by atoms with Crippen LogP contribution < -0.4 is 5.32 Å². The van der Waals surface area contributed by atoms with E-state index < -0.39 is 0 Å². The van der Waals surface area contributed by atoms with Gasteiger partial charge >= 0.3 is 0 Å². The molecular formula is C9H18N2O. The van der Waals surface area contributed by atoms with Gasteiger partial charge in [-0.3, -0.25) is 0 Å². The van der Waals surface area contributed by atoms with Crippen molar-refractivity contribution in [2.45, 2.75) is 12.5 Å². The molecule has 0 aromatic rings. The van der Waals surface area contributed by atoms with E-state index in [1.54, 1.807) is 0 Å². The second-order valence-corrected chi connectivity index (χ2v) is 3.98. The smallest absolute Gasteiger partial charge is 0.0507 e. The third kappa shape index (κ3) is 1.79. The molecule has 3 heteroatoms. The van der Waals surface area contributed by atoms with Crippen molar-refractivity contribution < 1.29 is 4.74 Å². The molecule has 2 heterocycles. The lowest BCUT2D eigenvalue weighted by Gasteiger charge is -2.36. The van der Waals surface area contributed by atoms with Gasteiger partial charge in [-0.2, -0.15) is 0 Å². The highest BCUT2D eigenvalue weighted by Crippen LogP contribution is 2.15. The molecule has 70 valence electrons. The first-order chi connectivity index (χ1) is 5.86. The van der Waals surface area contributed by atoms with Gasteiger partial charge in [0.1, 0.15) is 0 Å². The molecule has 12 heavy (non-hydrogen) atoms. The van der Waals surface area contributed by atoms with Crippen LogP contribution in [0.4, 0.5) is 0 Å². The van der Waals surface area contributed by atoms with Crippen LogP contribution in [0.15, 0.2) is 0 Å². The fourth-order valence-corrected chi connectivity index (χ4v) is 1.87. The summed E-state index contributed by atoms with van der Waals surface area (Å²) in [5, 5.41) is 3.29. The second-order valence-electron chi connectivity index (χ2n) is 3.98. The predicted molar refractivity (Wildman–Crippen MR) is 48.2 cm³/mol. The lowest BCUT2D eigenvalue weighted by molar-refractivity contribution is 0.138. The molecule has 2 aliphatic rings. The van der Waals surface area contributed by atoms with Crippen molar-refractivity contribution in [1.29, 1.82) is 0 Å². The van der Waals surface area contributed by atoms with Crippen molar-refractivity contribution in [3.8, 4) is 0 Å². The normalized spacial score (nSPS) is 31.0. The van der Waals surface area contributed by atoms with Crippen molar-refractivity contribution in [2.24, 2.45) is 5.92 Å². The first kappa shape index (κ1) is 8.48. The molecule has 2 fully saturated rings. The SMILES string of the molecule is CN(CC1CCOC1)C1CNC1. The van der Waals surface area contributed by atoms with Gasteiger partial charge in [0.2, 0.25) is 0 Å². The predicted octanol–water partition coefficient (Wildman–Crippen LogP) is -0.0735. The summed E-state index contributed by atoms with van der Waals surface area (Å²) in [4.78, 5) is 2.47. The van der Waals surface area contributed by atoms with E-state index in [1.165, 1.54) is 26.1 Å². The monoisotopic (exact) mass is 170 g/mol. The maximum atomic E-state index is 5.35. The van der Waals surface area contributed by atoms with Crippen molar-refractivity contribution in [3.05, 3.63) is 0 Å². The number of hydrogen-bond donors (Lipinski definition) is 1. The summed E-state index contributed by atoms with van der Waals surface area (Å²) in [6, 6.07) is 0.783. The summed E-state index contributed by atoms with van der Waals surface area (Å²) in [5.41, 5.74) is 0. The van der Waals surface area contributed by atoms with Crippen molar-refractivity contribution in [1.82, 2.24) is 10.2 Å². The Balaban J connectivity index is 1.69. The molecule has 0 aromatic heterocycles. The van der Waals surface area contributed by atoms with Crippen LogP contribution in [0, 0.1) is 5.92 Å². The Labute approximate surface area is 74.1 Å². The number of likely N-dealkylation sites (N-methyl/N-ethyl adjacent to an activating group) is 1. The molecule has 0 saturated carbocycles. The Morgan fingerprint density at radius 3 is 2.83 bits per heavy atom. The average molecular weight is 170 g/mol. The first-order valence-corrected chi connectivity index (χ1v) is 4.85. The van der Waals surface area contributed by atoms with Gasteiger partial charge in [-0.1, -0.05) is 0 Å². The molecule has 2 rings (SSSR count). The van der Waals surface area contributed by atoms with E-state index in [0.717, 1.165) is 25.2 Å². The number of ether oxygens (including phenoxy) is 1. The van der Waals surface area contributed by atoms with Gasteiger partial charge in [-0.15, -0.1) is 0 Å². The molecule has 0 radical (unpaired) electrons. The molecule has 3 nitrogen and oxygen atoms in total. The third-order valence-corrected chi connectivity index (χ3v) is 2.95. The van der Waals surface area contributed by atoms with Gasteiger partial charge in [-0.05, 0) is 19.4 Å². The molecule has 1 atom stereocenters. The van der Waals surface area contributed by atoms with Crippen LogP contribution >= 0.6 is 0 Å². The minimum Gasteiger partial charge on any atom is -0.381 e. The highest BCUT2D eigenvalue weighted by atomic mass is 16.5. The van der Waals surface area contributed by atoms with Gasteiger partial charge in [-0.25, -0.2) is 0 Å². The van der Waals surface area contributed by atoms with E-state index in [9.17, 15) is 0 Å². The maximum Gasteiger partial charge on any atom is 0.0507 e. The summed E-state index contributed by atoms with van der Waals surface area (Å²) < 4.78 is 5.35. The standard InChI is InChI=1S/C9H18N2O/c1-11(9-4-10-5-9)6-8-2-3-12-7-8/h8-10H,2-7H2,1H3. The van der Waals surface area contributed by atoms with Crippen LogP contribution in [0.1, 0.15) is 6.42 Å². The summed E-state index contributed by atoms with van der Waals surface area (Å²) >= 11 is 0. The minimum atomic E-state index is 0.783. The van der Waals surface area contributed by atoms with Gasteiger partial charge in [0.05, 0.1) is 6.61 Å². The lowest BCUT2D eigenvalue weighted by Crippen LogP contribution is -2.56. The van der Waals surface area contributed by atoms with Gasteiger partial charge in [0.15, 0.2) is 0 Å². The van der Waals surface area contributed by atoms with E-state index in [2.05, 4.69) is 17.3 Å². The summed E-state index contributed by atoms with van der Waals surface area (Å²) in [6.45, 7) is 5.51. The van der Waals surface area contributed by atoms with Gasteiger partial charge in [0, 0.05) is 32.3 Å². The van der Waals surface area contributed by atoms with Crippen LogP contribution in [0.3, 0.4) is 0 Å². The molecule has 1 unspecified atom stereocenters. The summed E-state index contributed by atoms with van der Waals surface area (Å²) in [5.74, 6) is 0.788. The molecule has 2 saturated heterocycles. The number of nitrogens with zero attached hydrogens (tertiary/aromatic N) is 1. The first-order valence-electron chi connectivity index (χ1n) is 4.85. The van der Waals surface area contributed by atoms with Crippen molar-refractivity contribution >= 4 is 0 Å². The fraction of sp³-hybridized carbons (Fsp3) is 1.00. The summed E-state index contributed by atoms with van der Waals surface area (Å²) in [7, 11) is 2.23. The molecule has 0 bridgehead atoms. The van der Waals surface area contributed by atoms with Gasteiger partial charge < -0.3 is 15.0 Å². The summed E-state index contributed by atoms with van der Waals surface area (Å²) in [6.07, 6.45) is 1.25. The largest absolute Gasteiger partial charge is 0.381 e. The minimum absolute atomic E-state index is 0.783. The van der Waals surface area contributed by atoms with Gasteiger partial charge in [0.25, 0.3) is 0 Å². The molecule has 1 N–H and O–H groups in total. The third-order valence-electron chi connectivity index (χ3n) is 2.95. The highest BCUT2D eigenvalue weighted by Gasteiger charge is 2.25. The van der Waals surface area contributed by atoms with Crippen LogP contribution in [0.25, 0.3) is 0 Å². The molecule has 0 aliphatic carbocycles. The van der Waals surface area contributed by atoms with E-state index in [4.69, 9.17) is 4.74 Å². The van der Waals surface area contributed by atoms with Crippen LogP contribution in [0.2, 0.25) is 0 Å². The average Bonchev–Trinajstić information content (AvgIpc) is 2.34. The zero-order valence-corrected chi connectivity index (χ0v) is 7.75. The second kappa shape index (κ2) is 3.73. The van der Waals surface area contributed by atoms with Crippen LogP contribution in [-0.2, 0) is 4.74 Å². The Kier molecular flexibility index (Phi) is 2.63. The molecule has 0 spiro atoms. The van der Waals surface area contributed by atoms with Crippen LogP contribution in [0.5, 0.6) is 0 Å². The lowest BCUT2D eigenvalue weighted by atomic mass is 10.1. The van der Waals surface area contributed by atoms with Crippen LogP contribution in [-0.4, -0.2) is 50.8 Å². The maximum absolute atomic E-state index is 5.35. The van der Waals surface area contributed by atoms with Crippen molar-refractivity contribution in [3.63, 3.8) is 0 Å². The van der Waals surface area contributed by atoms with E-state index >= 15 is 0 Å². The molecular weight excluding hydrogens is 152 g/mol. The Hall–Kier alpha value is -0.120. The quantitative estimate of drug-likeness (QED) is 0.641. The number of nitrogens with one attached hydrogen (secondary N) is 1.